The summed E-state index contributed by atoms with van der Waals surface area (Å²) in [5, 5.41) is 0. The van der Waals surface area contributed by atoms with Gasteiger partial charge in [-0.05, 0) is 62.4 Å². The van der Waals surface area contributed by atoms with Crippen molar-refractivity contribution in [2.24, 2.45) is 0 Å². The van der Waals surface area contributed by atoms with E-state index < -0.39 is 0 Å². The molecule has 1 aliphatic rings. The molecule has 0 aliphatic carbocycles. The van der Waals surface area contributed by atoms with Gasteiger partial charge in [-0.1, -0.05) is 26.0 Å². The van der Waals surface area contributed by atoms with Crippen LogP contribution in [0.25, 0.3) is 6.08 Å². The molecule has 0 spiro atoms. The third-order valence-electron chi connectivity index (χ3n) is 5.65. The van der Waals surface area contributed by atoms with Crippen LogP contribution in [0.15, 0.2) is 36.4 Å². The lowest BCUT2D eigenvalue weighted by atomic mass is 9.82. The Morgan fingerprint density at radius 1 is 0.931 bits per heavy atom. The third kappa shape index (κ3) is 4.36. The number of fused-ring (bicyclic) bond motifs is 1. The molecule has 2 unspecified atom stereocenters. The molecule has 0 radical (unpaired) electrons. The zero-order valence-electron chi connectivity index (χ0n) is 18.5. The highest BCUT2D eigenvalue weighted by molar-refractivity contribution is 5.62. The van der Waals surface area contributed by atoms with Gasteiger partial charge in [0, 0.05) is 17.2 Å². The van der Waals surface area contributed by atoms with Crippen LogP contribution in [0.3, 0.4) is 0 Å². The number of rotatable bonds is 7. The largest absolute Gasteiger partial charge is 0.493 e. The lowest BCUT2D eigenvalue weighted by Crippen LogP contribution is -2.27. The third-order valence-corrected chi connectivity index (χ3v) is 5.65. The summed E-state index contributed by atoms with van der Waals surface area (Å²) in [5.41, 5.74) is 3.24. The molecule has 3 rings (SSSR count). The molecule has 29 heavy (non-hydrogen) atoms. The minimum Gasteiger partial charge on any atom is -0.493 e. The first-order valence-electron chi connectivity index (χ1n) is 10.2. The first kappa shape index (κ1) is 21.1. The second-order valence-electron chi connectivity index (χ2n) is 8.09. The van der Waals surface area contributed by atoms with Gasteiger partial charge in [-0.3, -0.25) is 0 Å². The summed E-state index contributed by atoms with van der Waals surface area (Å²) in [7, 11) is 3.30. The molecule has 2 aromatic rings. The van der Waals surface area contributed by atoms with Crippen LogP contribution in [0.2, 0.25) is 0 Å². The summed E-state index contributed by atoms with van der Waals surface area (Å²) in [6.45, 7) is 11.2. The molecular formula is C25H32O4. The zero-order valence-corrected chi connectivity index (χ0v) is 18.5. The van der Waals surface area contributed by atoms with Gasteiger partial charge in [0.05, 0.1) is 20.8 Å². The van der Waals surface area contributed by atoms with Crippen LogP contribution in [-0.2, 0) is 0 Å². The predicted molar refractivity (Wildman–Crippen MR) is 118 cm³/mol. The van der Waals surface area contributed by atoms with E-state index in [4.69, 9.17) is 18.9 Å². The first-order valence-corrected chi connectivity index (χ1v) is 10.2. The predicted octanol–water partition coefficient (Wildman–Crippen LogP) is 6.19. The van der Waals surface area contributed by atoms with Crippen LogP contribution >= 0.6 is 0 Å². The second-order valence-corrected chi connectivity index (χ2v) is 8.09. The fourth-order valence-corrected chi connectivity index (χ4v) is 3.75. The molecule has 0 amide bonds. The lowest BCUT2D eigenvalue weighted by molar-refractivity contribution is 0.159. The van der Waals surface area contributed by atoms with Crippen LogP contribution in [0.4, 0.5) is 0 Å². The first-order chi connectivity index (χ1) is 13.8. The van der Waals surface area contributed by atoms with Crippen molar-refractivity contribution in [1.82, 2.24) is 0 Å². The molecule has 1 aliphatic heterocycles. The van der Waals surface area contributed by atoms with Gasteiger partial charge in [0.25, 0.3) is 0 Å². The quantitative estimate of drug-likeness (QED) is 0.559. The van der Waals surface area contributed by atoms with E-state index in [2.05, 4.69) is 58.0 Å². The second kappa shape index (κ2) is 8.40. The molecule has 156 valence electrons. The highest BCUT2D eigenvalue weighted by Gasteiger charge is 2.25. The molecule has 4 heteroatoms. The molecular weight excluding hydrogens is 364 g/mol. The van der Waals surface area contributed by atoms with Crippen LogP contribution in [0.1, 0.15) is 63.1 Å². The summed E-state index contributed by atoms with van der Waals surface area (Å²) in [5.74, 6) is 3.67. The Morgan fingerprint density at radius 2 is 1.62 bits per heavy atom. The Labute approximate surface area is 174 Å². The van der Waals surface area contributed by atoms with E-state index in [9.17, 15) is 0 Å². The molecule has 0 N–H and O–H groups in total. The van der Waals surface area contributed by atoms with Gasteiger partial charge < -0.3 is 18.9 Å². The molecule has 1 heterocycles. The molecule has 0 aromatic heterocycles. The molecule has 2 aromatic carbocycles. The van der Waals surface area contributed by atoms with Gasteiger partial charge >= 0.3 is 0 Å². The maximum Gasteiger partial charge on any atom is 0.164 e. The van der Waals surface area contributed by atoms with E-state index in [0.29, 0.717) is 18.1 Å². The molecule has 2 atom stereocenters. The molecule has 4 nitrogen and oxygen atoms in total. The molecule has 0 fully saturated rings. The van der Waals surface area contributed by atoms with Crippen molar-refractivity contribution in [1.29, 1.82) is 0 Å². The summed E-state index contributed by atoms with van der Waals surface area (Å²) in [6.07, 6.45) is 4.26. The average molecular weight is 397 g/mol. The van der Waals surface area contributed by atoms with Crippen LogP contribution in [0, 0.1) is 0 Å². The van der Waals surface area contributed by atoms with Crippen LogP contribution in [-0.4, -0.2) is 26.4 Å². The van der Waals surface area contributed by atoms with Gasteiger partial charge in [0.1, 0.15) is 17.1 Å². The zero-order chi connectivity index (χ0) is 21.2. The summed E-state index contributed by atoms with van der Waals surface area (Å²) in [6, 6.07) is 10.4. The smallest absolute Gasteiger partial charge is 0.164 e. The van der Waals surface area contributed by atoms with Crippen LogP contribution in [0.5, 0.6) is 23.0 Å². The van der Waals surface area contributed by atoms with Crippen molar-refractivity contribution < 1.29 is 18.9 Å². The minimum atomic E-state index is -0.264. The van der Waals surface area contributed by atoms with Crippen molar-refractivity contribution in [2.75, 3.05) is 20.8 Å². The summed E-state index contributed by atoms with van der Waals surface area (Å²) >= 11 is 0. The number of ether oxygens (including phenoxy) is 4. The number of methoxy groups -OCH3 is 2. The van der Waals surface area contributed by atoms with E-state index in [1.807, 2.05) is 19.1 Å². The van der Waals surface area contributed by atoms with E-state index in [-0.39, 0.29) is 17.4 Å². The topological polar surface area (TPSA) is 36.9 Å². The van der Waals surface area contributed by atoms with Gasteiger partial charge in [0.2, 0.25) is 0 Å². The molecule has 0 bridgehead atoms. The fraction of sp³-hybridized carbons (Fsp3) is 0.440. The number of hydrogen-bond donors (Lipinski definition) is 0. The van der Waals surface area contributed by atoms with Crippen molar-refractivity contribution in [3.8, 4) is 23.0 Å². The van der Waals surface area contributed by atoms with Crippen molar-refractivity contribution in [3.63, 3.8) is 0 Å². The maximum absolute atomic E-state index is 6.07. The maximum atomic E-state index is 6.07. The highest BCUT2D eigenvalue weighted by atomic mass is 16.5. The van der Waals surface area contributed by atoms with E-state index in [0.717, 1.165) is 22.6 Å². The van der Waals surface area contributed by atoms with E-state index >= 15 is 0 Å². The van der Waals surface area contributed by atoms with Gasteiger partial charge in [-0.15, -0.1) is 0 Å². The van der Waals surface area contributed by atoms with Gasteiger partial charge in [0.15, 0.2) is 11.5 Å². The van der Waals surface area contributed by atoms with Crippen molar-refractivity contribution >= 4 is 6.08 Å². The Balaban J connectivity index is 1.95. The lowest BCUT2D eigenvalue weighted by Gasteiger charge is -2.29. The Kier molecular flexibility index (Phi) is 6.11. The van der Waals surface area contributed by atoms with Crippen molar-refractivity contribution in [3.05, 3.63) is 53.1 Å². The normalized spacial score (nSPS) is 16.4. The van der Waals surface area contributed by atoms with Gasteiger partial charge in [-0.2, -0.15) is 0 Å². The van der Waals surface area contributed by atoms with Crippen LogP contribution < -0.4 is 18.9 Å². The number of hydrogen-bond acceptors (Lipinski definition) is 4. The fourth-order valence-electron chi connectivity index (χ4n) is 3.75. The monoisotopic (exact) mass is 396 g/mol. The molecule has 0 saturated carbocycles. The Morgan fingerprint density at radius 3 is 2.28 bits per heavy atom. The standard InChI is InChI=1S/C25H32O4/c1-8-28-22-15-24(27-7)23(26-6)14-20(22)17(3)16(2)18-9-10-21-19(13-18)11-12-25(4,5)29-21/h9-17H,8H2,1-7H3. The highest BCUT2D eigenvalue weighted by Crippen LogP contribution is 2.43. The summed E-state index contributed by atoms with van der Waals surface area (Å²) < 4.78 is 23.0. The Hall–Kier alpha value is -2.62. The number of benzene rings is 2. The SMILES string of the molecule is CCOc1cc(OC)c(OC)cc1C(C)C(C)c1ccc2c(c1)C=CC(C)(C)O2. The van der Waals surface area contributed by atoms with Gasteiger partial charge in [-0.25, -0.2) is 0 Å². The van der Waals surface area contributed by atoms with E-state index in [1.54, 1.807) is 14.2 Å². The summed E-state index contributed by atoms with van der Waals surface area (Å²) in [4.78, 5) is 0. The van der Waals surface area contributed by atoms with E-state index in [1.165, 1.54) is 5.56 Å². The Bertz CT molecular complexity index is 898. The average Bonchev–Trinajstić information content (AvgIpc) is 2.71. The minimum absolute atomic E-state index is 0.222. The molecule has 0 saturated heterocycles. The van der Waals surface area contributed by atoms with Crippen molar-refractivity contribution in [2.45, 2.75) is 52.1 Å².